The number of unbranched alkanes of at least 4 members (excludes halogenated alkanes) is 4. The minimum atomic E-state index is -2.41. The predicted octanol–water partition coefficient (Wildman–Crippen LogP) is 3.21. The maximum atomic E-state index is 10.5. The van der Waals surface area contributed by atoms with Crippen LogP contribution in [0.2, 0.25) is 0 Å². The summed E-state index contributed by atoms with van der Waals surface area (Å²) >= 11 is 0. The lowest BCUT2D eigenvalue weighted by molar-refractivity contribution is -0.137. The van der Waals surface area contributed by atoms with Crippen LogP contribution in [-0.2, 0) is 4.79 Å². The van der Waals surface area contributed by atoms with Crippen LogP contribution >= 0.6 is 0 Å². The molecule has 12 heavy (non-hydrogen) atoms. The fourth-order valence-electron chi connectivity index (χ4n) is 1.01. The van der Waals surface area contributed by atoms with E-state index in [9.17, 15) is 4.79 Å². The normalized spacial score (nSPS) is 17.6. The molecule has 0 aliphatic rings. The first-order valence-electron chi connectivity index (χ1n) is 6.16. The van der Waals surface area contributed by atoms with E-state index in [1.165, 1.54) is 0 Å². The van der Waals surface area contributed by atoms with Gasteiger partial charge in [-0.15, -0.1) is 0 Å². The van der Waals surface area contributed by atoms with Crippen LogP contribution in [0.25, 0.3) is 0 Å². The number of hydrogen-bond acceptors (Lipinski definition) is 1. The van der Waals surface area contributed by atoms with Gasteiger partial charge in [-0.1, -0.05) is 45.4 Å². The number of rotatable bonds is 8. The first-order chi connectivity index (χ1) is 6.92. The molecule has 1 N–H and O–H groups in total. The maximum absolute atomic E-state index is 10.5. The summed E-state index contributed by atoms with van der Waals surface area (Å²) in [5, 5.41) is 8.56. The van der Waals surface area contributed by atoms with Crippen molar-refractivity contribution in [3.63, 3.8) is 0 Å². The molecule has 0 saturated carbocycles. The molecule has 0 rings (SSSR count). The fraction of sp³-hybridized carbons (Fsp3) is 0.900. The van der Waals surface area contributed by atoms with Gasteiger partial charge in [-0.2, -0.15) is 0 Å². The largest absolute Gasteiger partial charge is 0.481 e. The third-order valence-electron chi connectivity index (χ3n) is 1.68. The molecule has 1 atom stereocenters. The van der Waals surface area contributed by atoms with E-state index < -0.39 is 18.7 Å². The summed E-state index contributed by atoms with van der Waals surface area (Å²) in [5.74, 6) is -1.53. The van der Waals surface area contributed by atoms with Crippen molar-refractivity contribution < 1.29 is 14.0 Å². The minimum absolute atomic E-state index is 0.322. The highest BCUT2D eigenvalue weighted by atomic mass is 16.4. The van der Waals surface area contributed by atoms with Gasteiger partial charge in [0.05, 0.1) is 0 Å². The van der Waals surface area contributed by atoms with Gasteiger partial charge in [0.25, 0.3) is 0 Å². The molecule has 0 saturated heterocycles. The molecule has 0 aromatic heterocycles. The quantitative estimate of drug-likeness (QED) is 0.575. The second kappa shape index (κ2) is 8.57. The molecule has 0 aromatic rings. The standard InChI is InChI=1S/C10H20O2/c1-2-3-4-5-6-7-8-9-10(11)12/h2-9H2,1H3,(H,11,12)/i8D,9D2. The predicted molar refractivity (Wildman–Crippen MR) is 50.2 cm³/mol. The molecule has 72 valence electrons. The van der Waals surface area contributed by atoms with Gasteiger partial charge in [0, 0.05) is 10.5 Å². The number of carbonyl (C=O) groups is 1. The van der Waals surface area contributed by atoms with Crippen molar-refractivity contribution in [2.45, 2.75) is 58.2 Å². The number of carboxylic acid groups (broad SMARTS) is 1. The molecule has 1 unspecified atom stereocenters. The Bertz CT molecular complexity index is 195. The fourth-order valence-corrected chi connectivity index (χ4v) is 1.01. The van der Waals surface area contributed by atoms with Gasteiger partial charge in [-0.3, -0.25) is 4.79 Å². The summed E-state index contributed by atoms with van der Waals surface area (Å²) in [6.07, 6.45) is 1.82. The second-order valence-corrected chi connectivity index (χ2v) is 2.86. The molecular formula is C10H20O2. The summed E-state index contributed by atoms with van der Waals surface area (Å²) in [4.78, 5) is 10.5. The second-order valence-electron chi connectivity index (χ2n) is 2.86. The van der Waals surface area contributed by atoms with Crippen LogP contribution in [0.3, 0.4) is 0 Å². The number of carboxylic acids is 1. The van der Waals surface area contributed by atoms with E-state index in [0.717, 1.165) is 32.1 Å². The molecule has 0 spiro atoms. The van der Waals surface area contributed by atoms with Gasteiger partial charge in [0.1, 0.15) is 0 Å². The van der Waals surface area contributed by atoms with Gasteiger partial charge >= 0.3 is 5.97 Å². The highest BCUT2D eigenvalue weighted by Gasteiger charge is 1.95. The Morgan fingerprint density at radius 3 is 2.42 bits per heavy atom. The highest BCUT2D eigenvalue weighted by molar-refractivity contribution is 5.66. The molecule has 2 heteroatoms. The Labute approximate surface area is 79.2 Å². The Morgan fingerprint density at radius 2 is 1.83 bits per heavy atom. The summed E-state index contributed by atoms with van der Waals surface area (Å²) in [6.45, 7) is 2.11. The van der Waals surface area contributed by atoms with Gasteiger partial charge < -0.3 is 5.11 Å². The Hall–Kier alpha value is -0.530. The average molecular weight is 175 g/mol. The zero-order chi connectivity index (χ0) is 11.9. The third-order valence-corrected chi connectivity index (χ3v) is 1.68. The topological polar surface area (TPSA) is 37.3 Å². The number of aliphatic carboxylic acids is 1. The molecule has 0 radical (unpaired) electrons. The van der Waals surface area contributed by atoms with Crippen molar-refractivity contribution in [2.24, 2.45) is 0 Å². The molecule has 0 heterocycles. The molecule has 0 aliphatic heterocycles. The summed E-state index contributed by atoms with van der Waals surface area (Å²) < 4.78 is 21.8. The van der Waals surface area contributed by atoms with Crippen molar-refractivity contribution in [3.05, 3.63) is 0 Å². The van der Waals surface area contributed by atoms with Gasteiger partial charge in [-0.25, -0.2) is 0 Å². The van der Waals surface area contributed by atoms with Gasteiger partial charge in [0.2, 0.25) is 0 Å². The smallest absolute Gasteiger partial charge is 0.303 e. The van der Waals surface area contributed by atoms with Gasteiger partial charge in [-0.05, 0) is 6.40 Å². The van der Waals surface area contributed by atoms with Crippen LogP contribution in [0, 0.1) is 0 Å². The van der Waals surface area contributed by atoms with E-state index in [1.54, 1.807) is 0 Å². The SMILES string of the molecule is [2H]C(CCCCCCC)C([2H])([2H])C(=O)O. The molecule has 0 aliphatic carbocycles. The third kappa shape index (κ3) is 9.47. The monoisotopic (exact) mass is 175 g/mol. The van der Waals surface area contributed by atoms with E-state index in [4.69, 9.17) is 9.22 Å². The first kappa shape index (κ1) is 6.93. The molecule has 0 amide bonds. The van der Waals surface area contributed by atoms with E-state index in [1.807, 2.05) is 0 Å². The Morgan fingerprint density at radius 1 is 1.25 bits per heavy atom. The van der Waals surface area contributed by atoms with Crippen LogP contribution in [-0.4, -0.2) is 11.1 Å². The summed E-state index contributed by atoms with van der Waals surface area (Å²) in [5.41, 5.74) is 0. The van der Waals surface area contributed by atoms with E-state index in [0.29, 0.717) is 6.42 Å². The number of hydrogen-bond donors (Lipinski definition) is 1. The highest BCUT2D eigenvalue weighted by Crippen LogP contribution is 2.07. The van der Waals surface area contributed by atoms with Crippen LogP contribution in [0.5, 0.6) is 0 Å². The lowest BCUT2D eigenvalue weighted by Gasteiger charge is -1.98. The van der Waals surface area contributed by atoms with E-state index in [2.05, 4.69) is 6.92 Å². The van der Waals surface area contributed by atoms with Crippen LogP contribution in [0.4, 0.5) is 0 Å². The van der Waals surface area contributed by atoms with Crippen LogP contribution < -0.4 is 0 Å². The molecule has 0 aromatic carbocycles. The molecule has 0 bridgehead atoms. The van der Waals surface area contributed by atoms with Crippen molar-refractivity contribution in [2.75, 3.05) is 0 Å². The van der Waals surface area contributed by atoms with Gasteiger partial charge in [0.15, 0.2) is 0 Å². The molecule has 2 nitrogen and oxygen atoms in total. The van der Waals surface area contributed by atoms with Crippen molar-refractivity contribution >= 4 is 5.97 Å². The Kier molecular flexibility index (Phi) is 4.95. The lowest BCUT2D eigenvalue weighted by atomic mass is 10.1. The maximum Gasteiger partial charge on any atom is 0.303 e. The average Bonchev–Trinajstić information content (AvgIpc) is 2.16. The zero-order valence-electron chi connectivity index (χ0n) is 10.7. The lowest BCUT2D eigenvalue weighted by Crippen LogP contribution is -1.93. The zero-order valence-corrected chi connectivity index (χ0v) is 7.68. The van der Waals surface area contributed by atoms with Crippen molar-refractivity contribution in [1.29, 1.82) is 0 Å². The van der Waals surface area contributed by atoms with Crippen LogP contribution in [0.1, 0.15) is 62.3 Å². The van der Waals surface area contributed by atoms with E-state index >= 15 is 0 Å². The van der Waals surface area contributed by atoms with E-state index in [-0.39, 0.29) is 0 Å². The van der Waals surface area contributed by atoms with Crippen molar-refractivity contribution in [1.82, 2.24) is 0 Å². The van der Waals surface area contributed by atoms with Crippen LogP contribution in [0.15, 0.2) is 0 Å². The Balaban J connectivity index is 3.73. The summed E-state index contributed by atoms with van der Waals surface area (Å²) in [6, 6.07) is 0. The molecular weight excluding hydrogens is 152 g/mol. The molecule has 0 fully saturated rings. The first-order valence-corrected chi connectivity index (χ1v) is 4.58. The minimum Gasteiger partial charge on any atom is -0.481 e. The van der Waals surface area contributed by atoms with Crippen molar-refractivity contribution in [3.8, 4) is 0 Å². The summed E-state index contributed by atoms with van der Waals surface area (Å²) in [7, 11) is 0.